The molecule has 1 rings (SSSR count). The predicted molar refractivity (Wildman–Crippen MR) is 73.7 cm³/mol. The Kier molecular flexibility index (Phi) is 5.98. The van der Waals surface area contributed by atoms with E-state index in [9.17, 15) is 4.79 Å². The van der Waals surface area contributed by atoms with Crippen LogP contribution in [0.5, 0.6) is 5.75 Å². The molecule has 0 spiro atoms. The van der Waals surface area contributed by atoms with E-state index in [2.05, 4.69) is 31.9 Å². The molecule has 94 valence electrons. The maximum atomic E-state index is 11.5. The second-order valence-corrected chi connectivity index (χ2v) is 4.78. The van der Waals surface area contributed by atoms with Crippen molar-refractivity contribution in [2.24, 2.45) is 0 Å². The number of carbonyl (C=O) groups excluding carboxylic acids is 1. The highest BCUT2D eigenvalue weighted by atomic mass is 79.9. The van der Waals surface area contributed by atoms with E-state index in [1.807, 2.05) is 12.1 Å². The highest BCUT2D eigenvalue weighted by Gasteiger charge is 2.13. The zero-order valence-corrected chi connectivity index (χ0v) is 12.9. The first kappa shape index (κ1) is 14.5. The van der Waals surface area contributed by atoms with Gasteiger partial charge < -0.3 is 9.47 Å². The van der Waals surface area contributed by atoms with Crippen molar-refractivity contribution in [3.8, 4) is 5.75 Å². The molecule has 0 heterocycles. The zero-order chi connectivity index (χ0) is 12.8. The third kappa shape index (κ3) is 4.00. The van der Waals surface area contributed by atoms with Gasteiger partial charge in [0.2, 0.25) is 0 Å². The first-order chi connectivity index (χ1) is 8.12. The molecular weight excluding hydrogens is 352 g/mol. The molecule has 17 heavy (non-hydrogen) atoms. The summed E-state index contributed by atoms with van der Waals surface area (Å²) in [5.41, 5.74) is 1.95. The van der Waals surface area contributed by atoms with Crippen molar-refractivity contribution in [1.82, 2.24) is 0 Å². The number of alkyl halides is 1. The molecule has 0 unspecified atom stereocenters. The van der Waals surface area contributed by atoms with E-state index in [1.54, 1.807) is 14.0 Å². The third-order valence-electron chi connectivity index (χ3n) is 2.27. The molecule has 0 saturated carbocycles. The van der Waals surface area contributed by atoms with Crippen molar-refractivity contribution in [3.05, 3.63) is 27.7 Å². The average molecular weight is 366 g/mol. The van der Waals surface area contributed by atoms with Gasteiger partial charge in [0, 0.05) is 9.80 Å². The Morgan fingerprint density at radius 3 is 2.65 bits per heavy atom. The van der Waals surface area contributed by atoms with Gasteiger partial charge in [-0.2, -0.15) is 0 Å². The second kappa shape index (κ2) is 7.01. The monoisotopic (exact) mass is 364 g/mol. The molecule has 0 fully saturated rings. The van der Waals surface area contributed by atoms with Gasteiger partial charge in [0.15, 0.2) is 0 Å². The fourth-order valence-electron chi connectivity index (χ4n) is 1.46. The van der Waals surface area contributed by atoms with Crippen LogP contribution in [-0.4, -0.2) is 19.7 Å². The standard InChI is InChI=1S/C12H14Br2O3/c1-3-17-12(15)6-10-8(7-13)4-9(16-2)5-11(10)14/h4-5H,3,6-7H2,1-2H3. The molecule has 1 aromatic rings. The van der Waals surface area contributed by atoms with E-state index >= 15 is 0 Å². The SMILES string of the molecule is CCOC(=O)Cc1c(Br)cc(OC)cc1CBr. The van der Waals surface area contributed by atoms with Gasteiger partial charge in [-0.15, -0.1) is 0 Å². The summed E-state index contributed by atoms with van der Waals surface area (Å²) in [4.78, 5) is 11.5. The van der Waals surface area contributed by atoms with Crippen molar-refractivity contribution >= 4 is 37.8 Å². The second-order valence-electron chi connectivity index (χ2n) is 3.36. The fourth-order valence-corrected chi connectivity index (χ4v) is 2.58. The molecule has 1 aromatic carbocycles. The van der Waals surface area contributed by atoms with Gasteiger partial charge in [0.1, 0.15) is 5.75 Å². The lowest BCUT2D eigenvalue weighted by Gasteiger charge is -2.11. The third-order valence-corrected chi connectivity index (χ3v) is 3.58. The van der Waals surface area contributed by atoms with Crippen molar-refractivity contribution in [2.75, 3.05) is 13.7 Å². The lowest BCUT2D eigenvalue weighted by molar-refractivity contribution is -0.142. The minimum atomic E-state index is -0.222. The number of carbonyl (C=O) groups is 1. The molecule has 0 radical (unpaired) electrons. The molecule has 5 heteroatoms. The molecule has 0 aromatic heterocycles. The Bertz CT molecular complexity index is 405. The van der Waals surface area contributed by atoms with E-state index in [4.69, 9.17) is 9.47 Å². The highest BCUT2D eigenvalue weighted by Crippen LogP contribution is 2.29. The zero-order valence-electron chi connectivity index (χ0n) is 9.76. The lowest BCUT2D eigenvalue weighted by atomic mass is 10.1. The van der Waals surface area contributed by atoms with Gasteiger partial charge in [-0.3, -0.25) is 4.79 Å². The fraction of sp³-hybridized carbons (Fsp3) is 0.417. The maximum Gasteiger partial charge on any atom is 0.310 e. The van der Waals surface area contributed by atoms with Crippen LogP contribution in [0.3, 0.4) is 0 Å². The Labute approximate surface area is 118 Å². The molecule has 3 nitrogen and oxygen atoms in total. The van der Waals surface area contributed by atoms with Crippen molar-refractivity contribution in [3.63, 3.8) is 0 Å². The number of hydrogen-bond acceptors (Lipinski definition) is 3. The summed E-state index contributed by atoms with van der Waals surface area (Å²) in [7, 11) is 1.62. The molecule has 0 bridgehead atoms. The molecule has 0 saturated heterocycles. The quantitative estimate of drug-likeness (QED) is 0.592. The van der Waals surface area contributed by atoms with Crippen LogP contribution in [0.15, 0.2) is 16.6 Å². The molecule has 0 aliphatic rings. The van der Waals surface area contributed by atoms with Gasteiger partial charge >= 0.3 is 5.97 Å². The van der Waals surface area contributed by atoms with Crippen molar-refractivity contribution in [2.45, 2.75) is 18.7 Å². The van der Waals surface area contributed by atoms with Crippen LogP contribution in [0.25, 0.3) is 0 Å². The summed E-state index contributed by atoms with van der Waals surface area (Å²) in [5, 5.41) is 0.664. The minimum Gasteiger partial charge on any atom is -0.497 e. The number of ether oxygens (including phenoxy) is 2. The van der Waals surface area contributed by atoms with E-state index in [0.717, 1.165) is 21.3 Å². The van der Waals surface area contributed by atoms with Crippen LogP contribution in [0.4, 0.5) is 0 Å². The molecule has 0 N–H and O–H groups in total. The van der Waals surface area contributed by atoms with Crippen LogP contribution >= 0.6 is 31.9 Å². The summed E-state index contributed by atoms with van der Waals surface area (Å²) in [5.74, 6) is 0.541. The first-order valence-corrected chi connectivity index (χ1v) is 7.10. The van der Waals surface area contributed by atoms with Crippen molar-refractivity contribution < 1.29 is 14.3 Å². The van der Waals surface area contributed by atoms with Gasteiger partial charge in [-0.25, -0.2) is 0 Å². The Hall–Kier alpha value is -0.550. The van der Waals surface area contributed by atoms with Gasteiger partial charge in [0.25, 0.3) is 0 Å². The van der Waals surface area contributed by atoms with E-state index in [0.29, 0.717) is 11.9 Å². The molecule has 0 aliphatic carbocycles. The van der Waals surface area contributed by atoms with Crippen LogP contribution in [0, 0.1) is 0 Å². The summed E-state index contributed by atoms with van der Waals surface area (Å²) >= 11 is 6.86. The number of hydrogen-bond donors (Lipinski definition) is 0. The summed E-state index contributed by atoms with van der Waals surface area (Å²) in [6.07, 6.45) is 0.263. The normalized spacial score (nSPS) is 10.1. The Balaban J connectivity index is 3.01. The number of rotatable bonds is 5. The van der Waals surface area contributed by atoms with Gasteiger partial charge in [-0.05, 0) is 30.2 Å². The maximum absolute atomic E-state index is 11.5. The molecular formula is C12H14Br2O3. The van der Waals surface area contributed by atoms with Crippen LogP contribution in [-0.2, 0) is 21.3 Å². The smallest absolute Gasteiger partial charge is 0.310 e. The van der Waals surface area contributed by atoms with E-state index < -0.39 is 0 Å². The number of benzene rings is 1. The summed E-state index contributed by atoms with van der Waals surface area (Å²) < 4.78 is 11.0. The Morgan fingerprint density at radius 1 is 1.41 bits per heavy atom. The number of methoxy groups -OCH3 is 1. The largest absolute Gasteiger partial charge is 0.497 e. The number of esters is 1. The van der Waals surface area contributed by atoms with Gasteiger partial charge in [0.05, 0.1) is 20.1 Å². The van der Waals surface area contributed by atoms with Crippen LogP contribution in [0.2, 0.25) is 0 Å². The lowest BCUT2D eigenvalue weighted by Crippen LogP contribution is -2.09. The summed E-state index contributed by atoms with van der Waals surface area (Å²) in [6, 6.07) is 3.76. The average Bonchev–Trinajstić information content (AvgIpc) is 2.31. The first-order valence-electron chi connectivity index (χ1n) is 5.19. The number of halogens is 2. The molecule has 0 atom stereocenters. The van der Waals surface area contributed by atoms with Gasteiger partial charge in [-0.1, -0.05) is 31.9 Å². The van der Waals surface area contributed by atoms with E-state index in [1.165, 1.54) is 0 Å². The molecule has 0 aliphatic heterocycles. The highest BCUT2D eigenvalue weighted by molar-refractivity contribution is 9.10. The van der Waals surface area contributed by atoms with Crippen LogP contribution in [0.1, 0.15) is 18.1 Å². The summed E-state index contributed by atoms with van der Waals surface area (Å²) in [6.45, 7) is 2.20. The molecule has 0 amide bonds. The topological polar surface area (TPSA) is 35.5 Å². The van der Waals surface area contributed by atoms with Crippen molar-refractivity contribution in [1.29, 1.82) is 0 Å². The predicted octanol–water partition coefficient (Wildman–Crippen LogP) is 3.46. The minimum absolute atomic E-state index is 0.222. The van der Waals surface area contributed by atoms with Crippen LogP contribution < -0.4 is 4.74 Å². The Morgan fingerprint density at radius 2 is 2.12 bits per heavy atom. The van der Waals surface area contributed by atoms with E-state index in [-0.39, 0.29) is 12.4 Å².